The van der Waals surface area contributed by atoms with E-state index in [1.54, 1.807) is 18.4 Å². The van der Waals surface area contributed by atoms with Crippen LogP contribution in [0.2, 0.25) is 0 Å². The minimum Gasteiger partial charge on any atom is -0.356 e. The molecule has 2 heterocycles. The molecule has 2 rings (SSSR count). The number of aliphatic imine (C=N–C) groups is 1. The summed E-state index contributed by atoms with van der Waals surface area (Å²) in [5.41, 5.74) is 0.971. The lowest BCUT2D eigenvalue weighted by atomic mass is 9.97. The van der Waals surface area contributed by atoms with Gasteiger partial charge in [0.2, 0.25) is 5.89 Å². The summed E-state index contributed by atoms with van der Waals surface area (Å²) in [4.78, 5) is 14.4. The van der Waals surface area contributed by atoms with Gasteiger partial charge in [-0.05, 0) is 13.8 Å². The molecule has 0 aromatic carbocycles. The van der Waals surface area contributed by atoms with Gasteiger partial charge in [-0.1, -0.05) is 25.9 Å². The first kappa shape index (κ1) is 21.8. The van der Waals surface area contributed by atoms with E-state index in [-0.39, 0.29) is 29.4 Å². The second-order valence-electron chi connectivity index (χ2n) is 6.62. The average molecular weight is 478 g/mol. The Morgan fingerprint density at radius 3 is 2.44 bits per heavy atom. The number of aryl methyl sites for hydroxylation is 2. The summed E-state index contributed by atoms with van der Waals surface area (Å²) in [5, 5.41) is 11.6. The third-order valence-corrected chi connectivity index (χ3v) is 4.58. The number of rotatable bonds is 5. The van der Waals surface area contributed by atoms with Gasteiger partial charge in [0, 0.05) is 30.3 Å². The number of aromatic nitrogens is 3. The van der Waals surface area contributed by atoms with Crippen LogP contribution in [0.15, 0.2) is 9.52 Å². The molecular weight excluding hydrogens is 451 g/mol. The van der Waals surface area contributed by atoms with Crippen molar-refractivity contribution in [3.63, 3.8) is 0 Å². The van der Waals surface area contributed by atoms with Gasteiger partial charge in [-0.15, -0.1) is 35.3 Å². The lowest BCUT2D eigenvalue weighted by Crippen LogP contribution is -2.38. The molecule has 0 aliphatic heterocycles. The van der Waals surface area contributed by atoms with E-state index in [1.807, 2.05) is 27.7 Å². The largest absolute Gasteiger partial charge is 0.356 e. The van der Waals surface area contributed by atoms with Crippen molar-refractivity contribution in [2.24, 2.45) is 4.99 Å². The lowest BCUT2D eigenvalue weighted by molar-refractivity contribution is 0.318. The molecule has 140 valence electrons. The third kappa shape index (κ3) is 6.53. The maximum absolute atomic E-state index is 5.28. The van der Waals surface area contributed by atoms with Crippen LogP contribution in [0.4, 0.5) is 0 Å². The first-order valence-electron chi connectivity index (χ1n) is 8.00. The number of nitrogens with zero attached hydrogens (tertiary/aromatic N) is 4. The van der Waals surface area contributed by atoms with E-state index in [2.05, 4.69) is 37.7 Å². The van der Waals surface area contributed by atoms with Gasteiger partial charge in [-0.3, -0.25) is 4.99 Å². The minimum atomic E-state index is -0.144. The van der Waals surface area contributed by atoms with Crippen molar-refractivity contribution in [1.82, 2.24) is 25.8 Å². The Morgan fingerprint density at radius 2 is 1.92 bits per heavy atom. The molecule has 7 nitrogen and oxygen atoms in total. The highest BCUT2D eigenvalue weighted by Crippen LogP contribution is 2.19. The van der Waals surface area contributed by atoms with E-state index in [0.29, 0.717) is 24.2 Å². The second kappa shape index (κ2) is 9.46. The van der Waals surface area contributed by atoms with Gasteiger partial charge in [0.1, 0.15) is 0 Å². The van der Waals surface area contributed by atoms with Crippen LogP contribution in [-0.2, 0) is 18.4 Å². The number of hydrogen-bond acceptors (Lipinski definition) is 6. The Kier molecular flexibility index (Phi) is 8.26. The summed E-state index contributed by atoms with van der Waals surface area (Å²) in [6.07, 6.45) is 0.871. The molecule has 0 radical (unpaired) electrons. The Morgan fingerprint density at radius 1 is 1.20 bits per heavy atom. The molecule has 2 N–H and O–H groups in total. The van der Waals surface area contributed by atoms with Crippen LogP contribution in [0.5, 0.6) is 0 Å². The number of halogens is 1. The predicted octanol–water partition coefficient (Wildman–Crippen LogP) is 2.97. The molecule has 0 bridgehead atoms. The molecule has 0 aliphatic carbocycles. The number of thiazole rings is 1. The summed E-state index contributed by atoms with van der Waals surface area (Å²) >= 11 is 1.75. The zero-order valence-corrected chi connectivity index (χ0v) is 18.8. The Labute approximate surface area is 170 Å². The van der Waals surface area contributed by atoms with Crippen molar-refractivity contribution in [2.45, 2.75) is 53.0 Å². The quantitative estimate of drug-likeness (QED) is 0.391. The monoisotopic (exact) mass is 478 g/mol. The first-order chi connectivity index (χ1) is 11.3. The fraction of sp³-hybridized carbons (Fsp3) is 0.625. The summed E-state index contributed by atoms with van der Waals surface area (Å²) in [5.74, 6) is 1.97. The average Bonchev–Trinajstić information content (AvgIpc) is 3.10. The molecule has 0 unspecified atom stereocenters. The van der Waals surface area contributed by atoms with Gasteiger partial charge in [0.25, 0.3) is 0 Å². The van der Waals surface area contributed by atoms with Gasteiger partial charge >= 0.3 is 0 Å². The molecule has 0 atom stereocenters. The van der Waals surface area contributed by atoms with Crippen LogP contribution < -0.4 is 10.6 Å². The van der Waals surface area contributed by atoms with E-state index in [9.17, 15) is 0 Å². The van der Waals surface area contributed by atoms with E-state index in [1.165, 1.54) is 4.88 Å². The topological polar surface area (TPSA) is 88.2 Å². The molecule has 0 saturated heterocycles. The van der Waals surface area contributed by atoms with Crippen molar-refractivity contribution in [3.05, 3.63) is 27.3 Å². The maximum atomic E-state index is 5.28. The SMILES string of the molecule is CN=C(NCCc1nc(C)c(C)s1)NCc1noc(C(C)(C)C)n1.I. The Bertz CT molecular complexity index is 684. The highest BCUT2D eigenvalue weighted by atomic mass is 127. The molecule has 0 aliphatic rings. The van der Waals surface area contributed by atoms with Gasteiger partial charge in [0.15, 0.2) is 11.8 Å². The van der Waals surface area contributed by atoms with Crippen molar-refractivity contribution in [3.8, 4) is 0 Å². The van der Waals surface area contributed by atoms with Crippen LogP contribution in [0.3, 0.4) is 0 Å². The normalized spacial score (nSPS) is 12.0. The standard InChI is InChI=1S/C16H26N6OS.HI/c1-10-11(2)24-13(20-10)7-8-18-15(17-6)19-9-12-21-14(23-22-12)16(3,4)5;/h7-9H2,1-6H3,(H2,17,18,19);1H. The summed E-state index contributed by atoms with van der Waals surface area (Å²) in [6, 6.07) is 0. The van der Waals surface area contributed by atoms with Gasteiger partial charge in [-0.25, -0.2) is 4.98 Å². The fourth-order valence-electron chi connectivity index (χ4n) is 1.95. The van der Waals surface area contributed by atoms with Crippen LogP contribution in [0, 0.1) is 13.8 Å². The van der Waals surface area contributed by atoms with Crippen LogP contribution in [-0.4, -0.2) is 34.7 Å². The van der Waals surface area contributed by atoms with Crippen LogP contribution in [0.25, 0.3) is 0 Å². The van der Waals surface area contributed by atoms with Crippen molar-refractivity contribution >= 4 is 41.3 Å². The fourth-order valence-corrected chi connectivity index (χ4v) is 2.88. The van der Waals surface area contributed by atoms with Gasteiger partial charge < -0.3 is 15.2 Å². The number of nitrogens with one attached hydrogen (secondary N) is 2. The number of guanidine groups is 1. The summed E-state index contributed by atoms with van der Waals surface area (Å²) in [7, 11) is 1.74. The van der Waals surface area contributed by atoms with Gasteiger partial charge in [-0.2, -0.15) is 4.98 Å². The Balaban J connectivity index is 0.00000312. The zero-order valence-electron chi connectivity index (χ0n) is 15.6. The molecule has 9 heteroatoms. The summed E-state index contributed by atoms with van der Waals surface area (Å²) < 4.78 is 5.28. The molecule has 2 aromatic rings. The third-order valence-electron chi connectivity index (χ3n) is 3.45. The molecule has 2 aromatic heterocycles. The smallest absolute Gasteiger partial charge is 0.232 e. The van der Waals surface area contributed by atoms with Crippen molar-refractivity contribution < 1.29 is 4.52 Å². The van der Waals surface area contributed by atoms with E-state index in [0.717, 1.165) is 23.7 Å². The minimum absolute atomic E-state index is 0. The zero-order chi connectivity index (χ0) is 17.7. The van der Waals surface area contributed by atoms with Crippen LogP contribution >= 0.6 is 35.3 Å². The maximum Gasteiger partial charge on any atom is 0.232 e. The van der Waals surface area contributed by atoms with E-state index >= 15 is 0 Å². The lowest BCUT2D eigenvalue weighted by Gasteiger charge is -2.11. The highest BCUT2D eigenvalue weighted by molar-refractivity contribution is 14.0. The highest BCUT2D eigenvalue weighted by Gasteiger charge is 2.21. The number of hydrogen-bond donors (Lipinski definition) is 2. The molecule has 0 amide bonds. The molecule has 0 fully saturated rings. The molecular formula is C16H27IN6OS. The second-order valence-corrected chi connectivity index (χ2v) is 7.91. The first-order valence-corrected chi connectivity index (χ1v) is 8.81. The Hall–Kier alpha value is -1.23. The molecule has 25 heavy (non-hydrogen) atoms. The van der Waals surface area contributed by atoms with E-state index in [4.69, 9.17) is 4.52 Å². The molecule has 0 saturated carbocycles. The van der Waals surface area contributed by atoms with Crippen molar-refractivity contribution in [1.29, 1.82) is 0 Å². The molecule has 0 spiro atoms. The predicted molar refractivity (Wildman–Crippen MR) is 112 cm³/mol. The van der Waals surface area contributed by atoms with E-state index < -0.39 is 0 Å². The van der Waals surface area contributed by atoms with Gasteiger partial charge in [0.05, 0.1) is 17.2 Å². The summed E-state index contributed by atoms with van der Waals surface area (Å²) in [6.45, 7) is 11.5. The van der Waals surface area contributed by atoms with Crippen LogP contribution in [0.1, 0.15) is 48.1 Å². The van der Waals surface area contributed by atoms with Crippen molar-refractivity contribution in [2.75, 3.05) is 13.6 Å².